The molecule has 1 amide bonds. The molecule has 2 unspecified atom stereocenters. The highest BCUT2D eigenvalue weighted by molar-refractivity contribution is 5.93. The Hall–Kier alpha value is -1.65. The largest absolute Gasteiger partial charge is 0.368 e. The first-order chi connectivity index (χ1) is 8.49. The van der Waals surface area contributed by atoms with Gasteiger partial charge in [-0.25, -0.2) is 9.97 Å². The first-order valence-electron chi connectivity index (χ1n) is 6.43. The minimum atomic E-state index is -0.0353. The number of aryl methyl sites for hydroxylation is 1. The molecule has 0 aromatic carbocycles. The maximum Gasteiger partial charge on any atom is 0.273 e. The molecule has 1 fully saturated rings. The number of carbonyl (C=O) groups excluding carboxylic acids is 1. The molecular formula is C13H20N4O. The van der Waals surface area contributed by atoms with Crippen molar-refractivity contribution in [1.29, 1.82) is 0 Å². The van der Waals surface area contributed by atoms with Gasteiger partial charge in [-0.05, 0) is 46.1 Å². The van der Waals surface area contributed by atoms with E-state index in [1.165, 1.54) is 6.42 Å². The summed E-state index contributed by atoms with van der Waals surface area (Å²) >= 11 is 0. The molecule has 2 N–H and O–H groups in total. The summed E-state index contributed by atoms with van der Waals surface area (Å²) in [4.78, 5) is 22.5. The molecule has 2 rings (SSSR count). The second-order valence-electron chi connectivity index (χ2n) is 5.09. The van der Waals surface area contributed by atoms with Gasteiger partial charge in [-0.2, -0.15) is 0 Å². The van der Waals surface area contributed by atoms with Crippen molar-refractivity contribution in [2.24, 2.45) is 0 Å². The molecule has 1 aliphatic heterocycles. The fraction of sp³-hybridized carbons (Fsp3) is 0.615. The first kappa shape index (κ1) is 12.8. The van der Waals surface area contributed by atoms with Crippen LogP contribution in [-0.2, 0) is 0 Å². The quantitative estimate of drug-likeness (QED) is 0.822. The van der Waals surface area contributed by atoms with Crippen molar-refractivity contribution in [3.8, 4) is 0 Å². The number of nitrogens with two attached hydrogens (primary N) is 1. The SMILES string of the molecule is Cc1cc(C(=O)N2C(C)CCCC2C)nc(N)n1. The maximum atomic E-state index is 12.5. The molecule has 0 saturated carbocycles. The average molecular weight is 248 g/mol. The lowest BCUT2D eigenvalue weighted by molar-refractivity contribution is 0.0504. The molecule has 1 aliphatic rings. The summed E-state index contributed by atoms with van der Waals surface area (Å²) in [6, 6.07) is 2.22. The van der Waals surface area contributed by atoms with E-state index in [0.717, 1.165) is 18.5 Å². The normalized spacial score (nSPS) is 24.1. The fourth-order valence-electron chi connectivity index (χ4n) is 2.65. The van der Waals surface area contributed by atoms with E-state index >= 15 is 0 Å². The number of hydrogen-bond acceptors (Lipinski definition) is 4. The van der Waals surface area contributed by atoms with Crippen LogP contribution < -0.4 is 5.73 Å². The summed E-state index contributed by atoms with van der Waals surface area (Å²) in [5, 5.41) is 0. The zero-order chi connectivity index (χ0) is 13.3. The van der Waals surface area contributed by atoms with Crippen LogP contribution in [0, 0.1) is 6.92 Å². The number of rotatable bonds is 1. The number of anilines is 1. The van der Waals surface area contributed by atoms with Crippen LogP contribution in [0.5, 0.6) is 0 Å². The molecule has 18 heavy (non-hydrogen) atoms. The number of amides is 1. The van der Waals surface area contributed by atoms with Crippen molar-refractivity contribution in [2.45, 2.75) is 52.1 Å². The van der Waals surface area contributed by atoms with Gasteiger partial charge in [0.15, 0.2) is 0 Å². The molecule has 2 atom stereocenters. The van der Waals surface area contributed by atoms with E-state index in [0.29, 0.717) is 5.69 Å². The maximum absolute atomic E-state index is 12.5. The first-order valence-corrected chi connectivity index (χ1v) is 6.43. The smallest absolute Gasteiger partial charge is 0.273 e. The third-order valence-corrected chi connectivity index (χ3v) is 3.52. The summed E-state index contributed by atoms with van der Waals surface area (Å²) in [7, 11) is 0. The topological polar surface area (TPSA) is 72.1 Å². The average Bonchev–Trinajstić information content (AvgIpc) is 2.27. The third kappa shape index (κ3) is 2.44. The summed E-state index contributed by atoms with van der Waals surface area (Å²) in [5.41, 5.74) is 6.73. The van der Waals surface area contributed by atoms with Gasteiger partial charge in [0.1, 0.15) is 5.69 Å². The van der Waals surface area contributed by atoms with Gasteiger partial charge in [0.2, 0.25) is 5.95 Å². The lowest BCUT2D eigenvalue weighted by Gasteiger charge is -2.38. The van der Waals surface area contributed by atoms with Crippen LogP contribution in [0.15, 0.2) is 6.07 Å². The molecule has 0 spiro atoms. The molecule has 0 aliphatic carbocycles. The predicted molar refractivity (Wildman–Crippen MR) is 70.1 cm³/mol. The van der Waals surface area contributed by atoms with Crippen LogP contribution in [-0.4, -0.2) is 32.9 Å². The van der Waals surface area contributed by atoms with Gasteiger partial charge in [0.25, 0.3) is 5.91 Å². The monoisotopic (exact) mass is 248 g/mol. The summed E-state index contributed by atoms with van der Waals surface area (Å²) in [6.45, 7) is 5.99. The van der Waals surface area contributed by atoms with E-state index in [1.54, 1.807) is 6.07 Å². The number of nitrogens with zero attached hydrogens (tertiary/aromatic N) is 3. The summed E-state index contributed by atoms with van der Waals surface area (Å²) < 4.78 is 0. The zero-order valence-electron chi connectivity index (χ0n) is 11.2. The van der Waals surface area contributed by atoms with Crippen LogP contribution in [0.1, 0.15) is 49.3 Å². The van der Waals surface area contributed by atoms with Crippen LogP contribution in [0.3, 0.4) is 0 Å². The number of nitrogen functional groups attached to an aromatic ring is 1. The van der Waals surface area contributed by atoms with Crippen molar-refractivity contribution >= 4 is 11.9 Å². The van der Waals surface area contributed by atoms with E-state index < -0.39 is 0 Å². The molecule has 5 heteroatoms. The Kier molecular flexibility index (Phi) is 3.50. The van der Waals surface area contributed by atoms with Gasteiger partial charge in [-0.1, -0.05) is 0 Å². The van der Waals surface area contributed by atoms with Gasteiger partial charge >= 0.3 is 0 Å². The Morgan fingerprint density at radius 3 is 2.50 bits per heavy atom. The molecule has 0 bridgehead atoms. The minimum absolute atomic E-state index is 0.0353. The van der Waals surface area contributed by atoms with Gasteiger partial charge < -0.3 is 10.6 Å². The minimum Gasteiger partial charge on any atom is -0.368 e. The Labute approximate surface area is 107 Å². The van der Waals surface area contributed by atoms with E-state index in [9.17, 15) is 4.79 Å². The number of piperidine rings is 1. The van der Waals surface area contributed by atoms with Gasteiger partial charge in [0, 0.05) is 17.8 Å². The Morgan fingerprint density at radius 2 is 1.94 bits per heavy atom. The second-order valence-corrected chi connectivity index (χ2v) is 5.09. The van der Waals surface area contributed by atoms with Crippen molar-refractivity contribution in [1.82, 2.24) is 14.9 Å². The van der Waals surface area contributed by atoms with Gasteiger partial charge in [-0.3, -0.25) is 4.79 Å². The van der Waals surface area contributed by atoms with Crippen LogP contribution in [0.2, 0.25) is 0 Å². The fourth-order valence-corrected chi connectivity index (χ4v) is 2.65. The van der Waals surface area contributed by atoms with Crippen LogP contribution in [0.4, 0.5) is 5.95 Å². The second kappa shape index (κ2) is 4.92. The number of hydrogen-bond donors (Lipinski definition) is 1. The lowest BCUT2D eigenvalue weighted by Crippen LogP contribution is -2.47. The predicted octanol–water partition coefficient (Wildman–Crippen LogP) is 1.77. The Bertz CT molecular complexity index is 430. The van der Waals surface area contributed by atoms with E-state index in [-0.39, 0.29) is 23.9 Å². The molecule has 0 radical (unpaired) electrons. The number of carbonyl (C=O) groups is 1. The molecule has 1 aromatic heterocycles. The van der Waals surface area contributed by atoms with Crippen molar-refractivity contribution in [3.63, 3.8) is 0 Å². The molecule has 2 heterocycles. The summed E-state index contributed by atoms with van der Waals surface area (Å²) in [5.74, 6) is 0.127. The lowest BCUT2D eigenvalue weighted by atomic mass is 9.97. The zero-order valence-corrected chi connectivity index (χ0v) is 11.2. The molecule has 5 nitrogen and oxygen atoms in total. The van der Waals surface area contributed by atoms with Crippen LogP contribution >= 0.6 is 0 Å². The van der Waals surface area contributed by atoms with E-state index in [2.05, 4.69) is 23.8 Å². The standard InChI is InChI=1S/C13H20N4O/c1-8-7-11(16-13(14)15-8)12(18)17-9(2)5-4-6-10(17)3/h7,9-10H,4-6H2,1-3H3,(H2,14,15,16). The van der Waals surface area contributed by atoms with Crippen molar-refractivity contribution in [3.05, 3.63) is 17.5 Å². The molecule has 1 aromatic rings. The Morgan fingerprint density at radius 1 is 1.33 bits per heavy atom. The molecular weight excluding hydrogens is 228 g/mol. The van der Waals surface area contributed by atoms with Crippen molar-refractivity contribution in [2.75, 3.05) is 5.73 Å². The molecule has 98 valence electrons. The van der Waals surface area contributed by atoms with E-state index in [4.69, 9.17) is 5.73 Å². The van der Waals surface area contributed by atoms with Gasteiger partial charge in [-0.15, -0.1) is 0 Å². The van der Waals surface area contributed by atoms with E-state index in [1.807, 2.05) is 11.8 Å². The molecule has 1 saturated heterocycles. The highest BCUT2D eigenvalue weighted by Crippen LogP contribution is 2.24. The number of aromatic nitrogens is 2. The highest BCUT2D eigenvalue weighted by Gasteiger charge is 2.30. The Balaban J connectivity index is 2.29. The summed E-state index contributed by atoms with van der Waals surface area (Å²) in [6.07, 6.45) is 3.28. The van der Waals surface area contributed by atoms with Crippen LogP contribution in [0.25, 0.3) is 0 Å². The third-order valence-electron chi connectivity index (χ3n) is 3.52. The number of likely N-dealkylation sites (tertiary alicyclic amines) is 1. The van der Waals surface area contributed by atoms with Crippen molar-refractivity contribution < 1.29 is 4.79 Å². The van der Waals surface area contributed by atoms with Gasteiger partial charge in [0.05, 0.1) is 0 Å². The highest BCUT2D eigenvalue weighted by atomic mass is 16.2.